The number of aromatic nitrogens is 4. The van der Waals surface area contributed by atoms with Gasteiger partial charge >= 0.3 is 5.69 Å². The minimum Gasteiger partial charge on any atom is -0.395 e. The van der Waals surface area contributed by atoms with Crippen molar-refractivity contribution in [2.24, 2.45) is 0 Å². The van der Waals surface area contributed by atoms with Crippen molar-refractivity contribution < 1.29 is 9.90 Å². The van der Waals surface area contributed by atoms with E-state index < -0.39 is 0 Å². The molecule has 39 heavy (non-hydrogen) atoms. The van der Waals surface area contributed by atoms with Gasteiger partial charge in [-0.1, -0.05) is 0 Å². The Morgan fingerprint density at radius 3 is 2.41 bits per heavy atom. The Hall–Kier alpha value is -3.38. The molecule has 4 heterocycles. The first-order valence-electron chi connectivity index (χ1n) is 13.6. The lowest BCUT2D eigenvalue weighted by molar-refractivity contribution is -0.119. The predicted molar refractivity (Wildman–Crippen MR) is 151 cm³/mol. The number of aliphatic hydroxyl groups excluding tert-OH is 1. The lowest BCUT2D eigenvalue weighted by atomic mass is 10.1. The molecule has 0 saturated carbocycles. The summed E-state index contributed by atoms with van der Waals surface area (Å²) in [6, 6.07) is 7.64. The number of nitrogens with zero attached hydrogens (tertiary/aromatic N) is 8. The number of aryl methyl sites for hydroxylation is 3. The fourth-order valence-electron chi connectivity index (χ4n) is 5.32. The van der Waals surface area contributed by atoms with Crippen LogP contribution in [0, 0.1) is 13.8 Å². The van der Waals surface area contributed by atoms with Gasteiger partial charge in [0, 0.05) is 45.5 Å². The highest BCUT2D eigenvalue weighted by molar-refractivity contribution is 6.06. The van der Waals surface area contributed by atoms with E-state index in [2.05, 4.69) is 19.7 Å². The van der Waals surface area contributed by atoms with Crippen LogP contribution < -0.4 is 10.6 Å². The highest BCUT2D eigenvalue weighted by atomic mass is 16.3. The second-order valence-corrected chi connectivity index (χ2v) is 10.7. The number of amides is 1. The Morgan fingerprint density at radius 1 is 1.03 bits per heavy atom. The van der Waals surface area contributed by atoms with E-state index in [-0.39, 0.29) is 24.7 Å². The van der Waals surface area contributed by atoms with E-state index in [1.165, 1.54) is 4.68 Å². The van der Waals surface area contributed by atoms with Gasteiger partial charge < -0.3 is 10.0 Å². The van der Waals surface area contributed by atoms with Crippen LogP contribution in [0.3, 0.4) is 0 Å². The summed E-state index contributed by atoms with van der Waals surface area (Å²) in [4.78, 5) is 40.6. The van der Waals surface area contributed by atoms with Crippen LogP contribution in [-0.4, -0.2) is 112 Å². The normalized spacial score (nSPS) is 15.7. The number of piperazine rings is 1. The van der Waals surface area contributed by atoms with Gasteiger partial charge in [-0.05, 0) is 76.3 Å². The van der Waals surface area contributed by atoms with Crippen molar-refractivity contribution in [1.29, 1.82) is 0 Å². The maximum absolute atomic E-state index is 14.1. The molecule has 0 bridgehead atoms. The molecule has 1 fully saturated rings. The number of β-amino-alcohol motifs (C(OH)–C–C–N with tert-alkyl or cyclic N) is 1. The summed E-state index contributed by atoms with van der Waals surface area (Å²) < 4.78 is 3.16. The first kappa shape index (κ1) is 27.2. The van der Waals surface area contributed by atoms with E-state index in [1.807, 2.05) is 52.2 Å². The summed E-state index contributed by atoms with van der Waals surface area (Å²) in [5.41, 5.74) is 3.74. The lowest BCUT2D eigenvalue weighted by Gasteiger charge is -2.35. The topological polar surface area (TPSA) is 103 Å². The number of hydrogen-bond acceptors (Lipinski definition) is 8. The molecular weight excluding hydrogens is 496 g/mol. The summed E-state index contributed by atoms with van der Waals surface area (Å²) in [5, 5.41) is 14.0. The third kappa shape index (κ3) is 5.40. The number of carbonyl (C=O) groups excluding carboxylic acids is 1. The minimum atomic E-state index is -0.225. The average Bonchev–Trinajstić information content (AvgIpc) is 3.17. The highest BCUT2D eigenvalue weighted by Crippen LogP contribution is 2.41. The molecule has 2 aliphatic heterocycles. The van der Waals surface area contributed by atoms with Crippen LogP contribution in [0.1, 0.15) is 17.5 Å². The van der Waals surface area contributed by atoms with Crippen molar-refractivity contribution in [3.8, 4) is 17.1 Å². The maximum atomic E-state index is 14.1. The monoisotopic (exact) mass is 534 g/mol. The van der Waals surface area contributed by atoms with E-state index in [0.717, 1.165) is 50.3 Å². The summed E-state index contributed by atoms with van der Waals surface area (Å²) >= 11 is 0. The second kappa shape index (κ2) is 11.4. The van der Waals surface area contributed by atoms with Gasteiger partial charge in [0.1, 0.15) is 0 Å². The van der Waals surface area contributed by atoms with Crippen LogP contribution in [0.2, 0.25) is 0 Å². The van der Waals surface area contributed by atoms with Gasteiger partial charge in [0.2, 0.25) is 5.91 Å². The molecule has 2 aliphatic rings. The number of hydrogen-bond donors (Lipinski definition) is 1. The number of fused-ring (bicyclic) bond motifs is 5. The van der Waals surface area contributed by atoms with Crippen LogP contribution in [0.25, 0.3) is 17.1 Å². The van der Waals surface area contributed by atoms with E-state index >= 15 is 0 Å². The van der Waals surface area contributed by atoms with Gasteiger partial charge in [-0.3, -0.25) is 19.5 Å². The molecule has 0 unspecified atom stereocenters. The summed E-state index contributed by atoms with van der Waals surface area (Å²) in [6.07, 6.45) is 2.47. The van der Waals surface area contributed by atoms with Gasteiger partial charge in [-0.2, -0.15) is 0 Å². The molecule has 1 saturated heterocycles. The van der Waals surface area contributed by atoms with E-state index in [4.69, 9.17) is 5.10 Å². The second-order valence-electron chi connectivity index (χ2n) is 10.7. The molecule has 3 aromatic rings. The Bertz CT molecular complexity index is 1400. The standard InChI is InChI=1S/C28H38N8O3/c1-20-17-23-24(18-21(20)2)36-27(30-34(28(36)39)10-6-9-31(3)4)22-7-5-8-29-26(22)35(23)25(38)19-33-13-11-32(12-14-33)15-16-37/h5,7-8,17-18,37H,6,9-16,19H2,1-4H3. The van der Waals surface area contributed by atoms with Crippen LogP contribution in [0.4, 0.5) is 11.5 Å². The largest absolute Gasteiger partial charge is 0.395 e. The molecule has 1 N–H and O–H groups in total. The maximum Gasteiger partial charge on any atom is 0.350 e. The van der Waals surface area contributed by atoms with Crippen molar-refractivity contribution in [2.45, 2.75) is 26.8 Å². The summed E-state index contributed by atoms with van der Waals surface area (Å²) in [6.45, 7) is 9.48. The van der Waals surface area contributed by atoms with Crippen molar-refractivity contribution >= 4 is 17.4 Å². The highest BCUT2D eigenvalue weighted by Gasteiger charge is 2.34. The fourth-order valence-corrected chi connectivity index (χ4v) is 5.32. The summed E-state index contributed by atoms with van der Waals surface area (Å²) in [7, 11) is 4.02. The van der Waals surface area contributed by atoms with E-state index in [9.17, 15) is 14.7 Å². The van der Waals surface area contributed by atoms with Gasteiger partial charge in [-0.25, -0.2) is 19.0 Å². The first-order chi connectivity index (χ1) is 18.8. The number of rotatable bonds is 8. The lowest BCUT2D eigenvalue weighted by Crippen LogP contribution is -2.50. The molecule has 0 aliphatic carbocycles. The molecule has 1 amide bonds. The molecule has 2 aromatic heterocycles. The number of aliphatic hydroxyl groups is 1. The molecule has 5 rings (SSSR count). The predicted octanol–water partition coefficient (Wildman–Crippen LogP) is 1.25. The van der Waals surface area contributed by atoms with Crippen LogP contribution >= 0.6 is 0 Å². The van der Waals surface area contributed by atoms with Gasteiger partial charge in [-0.15, -0.1) is 5.10 Å². The van der Waals surface area contributed by atoms with E-state index in [0.29, 0.717) is 41.7 Å². The van der Waals surface area contributed by atoms with Crippen LogP contribution in [0.5, 0.6) is 0 Å². The third-order valence-corrected chi connectivity index (χ3v) is 7.62. The van der Waals surface area contributed by atoms with Crippen molar-refractivity contribution in [1.82, 2.24) is 34.0 Å². The number of anilines is 2. The SMILES string of the molecule is Cc1cc2c(cc1C)-n1c(nn(CCCN(C)C)c1=O)-c1cccnc1N2C(=O)CN1CCN(CCO)CC1. The summed E-state index contributed by atoms with van der Waals surface area (Å²) in [5.74, 6) is 0.868. The fraction of sp³-hybridized carbons (Fsp3) is 0.500. The number of benzene rings is 1. The molecule has 0 atom stereocenters. The molecule has 11 heteroatoms. The van der Waals surface area contributed by atoms with Crippen molar-refractivity contribution in [2.75, 3.05) is 71.4 Å². The minimum absolute atomic E-state index is 0.105. The Balaban J connectivity index is 1.57. The Labute approximate surface area is 228 Å². The van der Waals surface area contributed by atoms with Crippen molar-refractivity contribution in [3.05, 3.63) is 52.1 Å². The zero-order valence-electron chi connectivity index (χ0n) is 23.3. The zero-order valence-corrected chi connectivity index (χ0v) is 23.3. The Morgan fingerprint density at radius 2 is 1.72 bits per heavy atom. The van der Waals surface area contributed by atoms with Gasteiger partial charge in [0.25, 0.3) is 0 Å². The molecule has 0 radical (unpaired) electrons. The molecule has 208 valence electrons. The zero-order chi connectivity index (χ0) is 27.7. The van der Waals surface area contributed by atoms with Gasteiger partial charge in [0.05, 0.1) is 30.1 Å². The quantitative estimate of drug-likeness (QED) is 0.461. The molecular formula is C28H38N8O3. The van der Waals surface area contributed by atoms with E-state index in [1.54, 1.807) is 15.7 Å². The van der Waals surface area contributed by atoms with Crippen LogP contribution in [-0.2, 0) is 11.3 Å². The number of pyridine rings is 1. The van der Waals surface area contributed by atoms with Crippen LogP contribution in [0.15, 0.2) is 35.3 Å². The van der Waals surface area contributed by atoms with Gasteiger partial charge in [0.15, 0.2) is 11.6 Å². The molecule has 1 aromatic carbocycles. The molecule has 11 nitrogen and oxygen atoms in total. The number of carbonyl (C=O) groups is 1. The van der Waals surface area contributed by atoms with Crippen molar-refractivity contribution in [3.63, 3.8) is 0 Å². The first-order valence-corrected chi connectivity index (χ1v) is 13.6. The Kier molecular flexibility index (Phi) is 7.94. The average molecular weight is 535 g/mol. The molecule has 0 spiro atoms. The third-order valence-electron chi connectivity index (χ3n) is 7.62. The smallest absolute Gasteiger partial charge is 0.350 e.